The Balaban J connectivity index is 1.31. The van der Waals surface area contributed by atoms with Gasteiger partial charge in [0.1, 0.15) is 31.3 Å². The molecule has 0 radical (unpaired) electrons. The number of hydrogen-bond acceptors (Lipinski definition) is 5. The molecule has 5 rings (SSSR count). The van der Waals surface area contributed by atoms with Crippen molar-refractivity contribution in [3.05, 3.63) is 161 Å². The van der Waals surface area contributed by atoms with Gasteiger partial charge >= 0.3 is 0 Å². The van der Waals surface area contributed by atoms with Crippen molar-refractivity contribution in [3.63, 3.8) is 0 Å². The number of ether oxygens (including phenoxy) is 4. The van der Waals surface area contributed by atoms with Crippen molar-refractivity contribution in [2.24, 2.45) is 0 Å². The minimum atomic E-state index is -0.165. The predicted octanol–water partition coefficient (Wildman–Crippen LogP) is 8.33. The number of methoxy groups -OCH3 is 1. The summed E-state index contributed by atoms with van der Waals surface area (Å²) in [5, 5.41) is 0. The lowest BCUT2D eigenvalue weighted by Gasteiger charge is -2.13. The van der Waals surface area contributed by atoms with Gasteiger partial charge in [0.05, 0.1) is 7.11 Å². The molecule has 5 nitrogen and oxygen atoms in total. The first kappa shape index (κ1) is 28.2. The van der Waals surface area contributed by atoms with Gasteiger partial charge in [0.25, 0.3) is 0 Å². The van der Waals surface area contributed by atoms with Crippen molar-refractivity contribution in [2.45, 2.75) is 19.8 Å². The molecule has 0 amide bonds. The number of carbonyl (C=O) groups is 1. The largest absolute Gasteiger partial charge is 0.493 e. The van der Waals surface area contributed by atoms with Gasteiger partial charge in [-0.05, 0) is 59.2 Å². The molecule has 0 fully saturated rings. The highest BCUT2D eigenvalue weighted by Gasteiger charge is 2.11. The first-order valence-electron chi connectivity index (χ1n) is 13.7. The van der Waals surface area contributed by atoms with Crippen molar-refractivity contribution in [1.82, 2.24) is 0 Å². The lowest BCUT2D eigenvalue weighted by Crippen LogP contribution is -2.01. The molecule has 5 aromatic carbocycles. The fourth-order valence-electron chi connectivity index (χ4n) is 4.28. The molecule has 0 aliphatic heterocycles. The Morgan fingerprint density at radius 1 is 0.571 bits per heavy atom. The van der Waals surface area contributed by atoms with Crippen molar-refractivity contribution in [2.75, 3.05) is 7.11 Å². The van der Waals surface area contributed by atoms with Gasteiger partial charge in [-0.1, -0.05) is 91.0 Å². The van der Waals surface area contributed by atoms with Crippen molar-refractivity contribution < 1.29 is 23.7 Å². The normalized spacial score (nSPS) is 10.8. The van der Waals surface area contributed by atoms with E-state index in [1.807, 2.05) is 109 Å². The zero-order valence-corrected chi connectivity index (χ0v) is 23.4. The SMILES string of the molecule is COc1cc(C(=O)C=Cc2ccc(OCc3ccccc3)cc2OCc2ccccc2)ccc1OCc1ccccc1. The van der Waals surface area contributed by atoms with Crippen LogP contribution in [0.4, 0.5) is 0 Å². The molecule has 0 aliphatic rings. The van der Waals surface area contributed by atoms with Gasteiger partial charge in [0.15, 0.2) is 17.3 Å². The van der Waals surface area contributed by atoms with Crippen LogP contribution in [0.2, 0.25) is 0 Å². The zero-order chi connectivity index (χ0) is 29.0. The van der Waals surface area contributed by atoms with Gasteiger partial charge in [-0.2, -0.15) is 0 Å². The van der Waals surface area contributed by atoms with Crippen LogP contribution < -0.4 is 18.9 Å². The summed E-state index contributed by atoms with van der Waals surface area (Å²) in [7, 11) is 1.56. The fraction of sp³-hybridized carbons (Fsp3) is 0.108. The van der Waals surface area contributed by atoms with Crippen LogP contribution in [0.25, 0.3) is 6.08 Å². The molecule has 0 N–H and O–H groups in total. The Morgan fingerprint density at radius 3 is 1.69 bits per heavy atom. The first-order valence-corrected chi connectivity index (χ1v) is 13.7. The van der Waals surface area contributed by atoms with Crippen LogP contribution >= 0.6 is 0 Å². The van der Waals surface area contributed by atoms with Gasteiger partial charge in [0.2, 0.25) is 0 Å². The summed E-state index contributed by atoms with van der Waals surface area (Å²) in [6.45, 7) is 1.24. The maximum absolute atomic E-state index is 13.1. The van der Waals surface area contributed by atoms with E-state index in [1.54, 1.807) is 31.4 Å². The van der Waals surface area contributed by atoms with Crippen molar-refractivity contribution >= 4 is 11.9 Å². The predicted molar refractivity (Wildman–Crippen MR) is 165 cm³/mol. The highest BCUT2D eigenvalue weighted by molar-refractivity contribution is 6.07. The third kappa shape index (κ3) is 7.89. The average molecular weight is 557 g/mol. The number of benzene rings is 5. The molecule has 0 aromatic heterocycles. The van der Waals surface area contributed by atoms with Gasteiger partial charge in [0, 0.05) is 17.2 Å². The van der Waals surface area contributed by atoms with Crippen LogP contribution in [0.15, 0.2) is 133 Å². The first-order chi connectivity index (χ1) is 20.7. The van der Waals surface area contributed by atoms with Crippen LogP contribution in [0.5, 0.6) is 23.0 Å². The van der Waals surface area contributed by atoms with E-state index >= 15 is 0 Å². The number of allylic oxidation sites excluding steroid dienone is 1. The van der Waals surface area contributed by atoms with Crippen LogP contribution in [0, 0.1) is 0 Å². The van der Waals surface area contributed by atoms with Crippen LogP contribution in [-0.2, 0) is 19.8 Å². The molecule has 42 heavy (non-hydrogen) atoms. The van der Waals surface area contributed by atoms with Crippen molar-refractivity contribution in [1.29, 1.82) is 0 Å². The minimum Gasteiger partial charge on any atom is -0.493 e. The van der Waals surface area contributed by atoms with E-state index in [-0.39, 0.29) is 5.78 Å². The van der Waals surface area contributed by atoms with Crippen LogP contribution in [0.1, 0.15) is 32.6 Å². The van der Waals surface area contributed by atoms with Gasteiger partial charge in [-0.15, -0.1) is 0 Å². The Labute approximate surface area is 246 Å². The molecule has 210 valence electrons. The summed E-state index contributed by atoms with van der Waals surface area (Å²) in [6.07, 6.45) is 3.30. The topological polar surface area (TPSA) is 54.0 Å². The number of rotatable bonds is 13. The van der Waals surface area contributed by atoms with Crippen LogP contribution in [0.3, 0.4) is 0 Å². The van der Waals surface area contributed by atoms with Crippen LogP contribution in [-0.4, -0.2) is 12.9 Å². The molecular formula is C37H32O5. The Morgan fingerprint density at radius 2 is 1.12 bits per heavy atom. The lowest BCUT2D eigenvalue weighted by molar-refractivity contribution is 0.104. The number of ketones is 1. The van der Waals surface area contributed by atoms with E-state index in [2.05, 4.69) is 0 Å². The molecule has 0 bridgehead atoms. The summed E-state index contributed by atoms with van der Waals surface area (Å²) in [6, 6.07) is 40.6. The summed E-state index contributed by atoms with van der Waals surface area (Å²) in [5.41, 5.74) is 4.42. The Kier molecular flexibility index (Phi) is 9.67. The van der Waals surface area contributed by atoms with Gasteiger partial charge < -0.3 is 18.9 Å². The molecule has 5 aromatic rings. The highest BCUT2D eigenvalue weighted by atomic mass is 16.5. The third-order valence-corrected chi connectivity index (χ3v) is 6.57. The smallest absolute Gasteiger partial charge is 0.185 e. The quantitative estimate of drug-likeness (QED) is 0.108. The second kappa shape index (κ2) is 14.4. The molecular weight excluding hydrogens is 524 g/mol. The summed E-state index contributed by atoms with van der Waals surface area (Å²) < 4.78 is 23.7. The van der Waals surface area contributed by atoms with E-state index in [4.69, 9.17) is 18.9 Å². The zero-order valence-electron chi connectivity index (χ0n) is 23.4. The Hall–Kier alpha value is -5.29. The van der Waals surface area contributed by atoms with E-state index in [0.29, 0.717) is 48.4 Å². The standard InChI is InChI=1S/C37H32O5/c1-39-37-23-32(19-22-35(37)41-26-29-13-7-3-8-14-29)34(38)21-18-31-17-20-33(40-25-28-11-5-2-6-12-28)24-36(31)42-27-30-15-9-4-10-16-30/h2-24H,25-27H2,1H3. The minimum absolute atomic E-state index is 0.165. The summed E-state index contributed by atoms with van der Waals surface area (Å²) in [4.78, 5) is 13.1. The van der Waals surface area contributed by atoms with Gasteiger partial charge in [-0.3, -0.25) is 4.79 Å². The fourth-order valence-corrected chi connectivity index (χ4v) is 4.28. The number of hydrogen-bond donors (Lipinski definition) is 0. The Bertz CT molecular complexity index is 1610. The molecule has 0 saturated heterocycles. The van der Waals surface area contributed by atoms with E-state index in [1.165, 1.54) is 6.08 Å². The van der Waals surface area contributed by atoms with E-state index in [9.17, 15) is 4.79 Å². The maximum atomic E-state index is 13.1. The number of carbonyl (C=O) groups excluding carboxylic acids is 1. The molecule has 0 aliphatic carbocycles. The lowest BCUT2D eigenvalue weighted by atomic mass is 10.1. The van der Waals surface area contributed by atoms with E-state index < -0.39 is 0 Å². The maximum Gasteiger partial charge on any atom is 0.185 e. The second-order valence-corrected chi connectivity index (χ2v) is 9.59. The second-order valence-electron chi connectivity index (χ2n) is 9.59. The summed E-state index contributed by atoms with van der Waals surface area (Å²) in [5.74, 6) is 2.21. The van der Waals surface area contributed by atoms with Crippen molar-refractivity contribution in [3.8, 4) is 23.0 Å². The molecule has 5 heteroatoms. The molecule has 0 spiro atoms. The third-order valence-electron chi connectivity index (χ3n) is 6.57. The average Bonchev–Trinajstić information content (AvgIpc) is 3.06. The molecule has 0 unspecified atom stereocenters. The summed E-state index contributed by atoms with van der Waals surface area (Å²) >= 11 is 0. The highest BCUT2D eigenvalue weighted by Crippen LogP contribution is 2.30. The molecule has 0 atom stereocenters. The molecule has 0 heterocycles. The molecule has 0 saturated carbocycles. The van der Waals surface area contributed by atoms with E-state index in [0.717, 1.165) is 22.3 Å². The monoisotopic (exact) mass is 556 g/mol. The van der Waals surface area contributed by atoms with Gasteiger partial charge in [-0.25, -0.2) is 0 Å².